The van der Waals surface area contributed by atoms with Gasteiger partial charge in [0.05, 0.1) is 0 Å². The van der Waals surface area contributed by atoms with Gasteiger partial charge in [-0.2, -0.15) is 0 Å². The number of imide groups is 1. The van der Waals surface area contributed by atoms with Crippen LogP contribution in [0.4, 0.5) is 4.79 Å². The number of para-hydroxylation sites is 1. The fraction of sp³-hybridized carbons (Fsp3) is 0.357. The summed E-state index contributed by atoms with van der Waals surface area (Å²) >= 11 is 0. The predicted octanol–water partition coefficient (Wildman–Crippen LogP) is 0.597. The highest BCUT2D eigenvalue weighted by atomic mass is 16.6. The van der Waals surface area contributed by atoms with Crippen molar-refractivity contribution in [3.05, 3.63) is 30.3 Å². The Morgan fingerprint density at radius 1 is 1.10 bits per heavy atom. The number of urea groups is 1. The molecule has 0 atom stereocenters. The Morgan fingerprint density at radius 2 is 1.81 bits per heavy atom. The number of carbonyl (C=O) groups is 3. The molecule has 0 saturated heterocycles. The SMILES string of the molecule is O=C(COC(=O)COc1ccccc1)NC(=O)NC1CC1. The zero-order valence-corrected chi connectivity index (χ0v) is 11.3. The quantitative estimate of drug-likeness (QED) is 0.749. The Balaban J connectivity index is 1.59. The molecule has 0 heterocycles. The van der Waals surface area contributed by atoms with Gasteiger partial charge in [0.1, 0.15) is 5.75 Å². The lowest BCUT2D eigenvalue weighted by Crippen LogP contribution is -2.42. The normalized spacial score (nSPS) is 13.1. The molecule has 7 heteroatoms. The van der Waals surface area contributed by atoms with E-state index in [0.717, 1.165) is 12.8 Å². The van der Waals surface area contributed by atoms with Gasteiger partial charge in [0, 0.05) is 6.04 Å². The van der Waals surface area contributed by atoms with Crippen LogP contribution >= 0.6 is 0 Å². The van der Waals surface area contributed by atoms with Crippen molar-refractivity contribution < 1.29 is 23.9 Å². The fourth-order valence-electron chi connectivity index (χ4n) is 1.46. The highest BCUT2D eigenvalue weighted by Crippen LogP contribution is 2.18. The second-order valence-corrected chi connectivity index (χ2v) is 4.56. The minimum Gasteiger partial charge on any atom is -0.482 e. The van der Waals surface area contributed by atoms with Crippen LogP contribution < -0.4 is 15.4 Å². The van der Waals surface area contributed by atoms with E-state index in [4.69, 9.17) is 9.47 Å². The van der Waals surface area contributed by atoms with Crippen LogP contribution in [0.2, 0.25) is 0 Å². The number of hydrogen-bond donors (Lipinski definition) is 2. The van der Waals surface area contributed by atoms with Crippen molar-refractivity contribution in [1.29, 1.82) is 0 Å². The van der Waals surface area contributed by atoms with Crippen LogP contribution in [0.25, 0.3) is 0 Å². The number of amides is 3. The van der Waals surface area contributed by atoms with Gasteiger partial charge < -0.3 is 14.8 Å². The molecule has 0 aromatic heterocycles. The lowest BCUT2D eigenvalue weighted by atomic mass is 10.3. The highest BCUT2D eigenvalue weighted by molar-refractivity contribution is 5.95. The molecule has 2 N–H and O–H groups in total. The lowest BCUT2D eigenvalue weighted by molar-refractivity contribution is -0.150. The summed E-state index contributed by atoms with van der Waals surface area (Å²) in [5, 5.41) is 4.66. The van der Waals surface area contributed by atoms with Crippen molar-refractivity contribution in [2.45, 2.75) is 18.9 Å². The first-order valence-corrected chi connectivity index (χ1v) is 6.57. The predicted molar refractivity (Wildman–Crippen MR) is 72.6 cm³/mol. The van der Waals surface area contributed by atoms with Gasteiger partial charge in [-0.3, -0.25) is 10.1 Å². The van der Waals surface area contributed by atoms with Crippen molar-refractivity contribution in [2.75, 3.05) is 13.2 Å². The first kappa shape index (κ1) is 14.8. The van der Waals surface area contributed by atoms with Gasteiger partial charge in [-0.1, -0.05) is 18.2 Å². The second kappa shape index (κ2) is 7.28. The number of carbonyl (C=O) groups excluding carboxylic acids is 3. The largest absolute Gasteiger partial charge is 0.482 e. The molecule has 1 fully saturated rings. The molecule has 0 unspecified atom stereocenters. The smallest absolute Gasteiger partial charge is 0.344 e. The van der Waals surface area contributed by atoms with Crippen LogP contribution in [0.15, 0.2) is 30.3 Å². The summed E-state index contributed by atoms with van der Waals surface area (Å²) in [5.74, 6) is -0.833. The molecule has 1 aromatic carbocycles. The number of benzene rings is 1. The third-order valence-electron chi connectivity index (χ3n) is 2.63. The molecular weight excluding hydrogens is 276 g/mol. The molecule has 0 spiro atoms. The maximum Gasteiger partial charge on any atom is 0.344 e. The Bertz CT molecular complexity index is 513. The summed E-state index contributed by atoms with van der Waals surface area (Å²) in [4.78, 5) is 34.0. The summed E-state index contributed by atoms with van der Waals surface area (Å²) in [5.41, 5.74) is 0. The molecule has 21 heavy (non-hydrogen) atoms. The minimum absolute atomic E-state index is 0.152. The van der Waals surface area contributed by atoms with E-state index in [1.807, 2.05) is 6.07 Å². The summed E-state index contributed by atoms with van der Waals surface area (Å²) in [6.45, 7) is -0.819. The molecule has 0 radical (unpaired) electrons. The van der Waals surface area contributed by atoms with Crippen LogP contribution in [0.3, 0.4) is 0 Å². The molecule has 1 aliphatic rings. The molecule has 112 valence electrons. The summed E-state index contributed by atoms with van der Waals surface area (Å²) in [6.07, 6.45) is 1.85. The molecule has 1 aliphatic carbocycles. The van der Waals surface area contributed by atoms with Crippen molar-refractivity contribution in [2.24, 2.45) is 0 Å². The third-order valence-corrected chi connectivity index (χ3v) is 2.63. The molecule has 7 nitrogen and oxygen atoms in total. The van der Waals surface area contributed by atoms with E-state index in [1.54, 1.807) is 24.3 Å². The number of esters is 1. The van der Waals surface area contributed by atoms with Crippen LogP contribution in [-0.4, -0.2) is 37.2 Å². The Morgan fingerprint density at radius 3 is 2.48 bits per heavy atom. The lowest BCUT2D eigenvalue weighted by Gasteiger charge is -2.07. The standard InChI is InChI=1S/C14H16N2O5/c17-12(16-14(19)15-10-6-7-10)8-21-13(18)9-20-11-4-2-1-3-5-11/h1-5,10H,6-9H2,(H2,15,16,17,19). The average Bonchev–Trinajstić information content (AvgIpc) is 3.27. The van der Waals surface area contributed by atoms with Crippen molar-refractivity contribution >= 4 is 17.9 Å². The van der Waals surface area contributed by atoms with Gasteiger partial charge in [0.2, 0.25) is 0 Å². The number of rotatable bonds is 6. The van der Waals surface area contributed by atoms with Gasteiger partial charge in [-0.25, -0.2) is 9.59 Å². The van der Waals surface area contributed by atoms with E-state index in [-0.39, 0.29) is 12.6 Å². The van der Waals surface area contributed by atoms with Gasteiger partial charge >= 0.3 is 12.0 Å². The molecule has 0 bridgehead atoms. The van der Waals surface area contributed by atoms with E-state index >= 15 is 0 Å². The number of nitrogens with one attached hydrogen (secondary N) is 2. The maximum atomic E-state index is 11.4. The van der Waals surface area contributed by atoms with E-state index in [0.29, 0.717) is 5.75 Å². The van der Waals surface area contributed by atoms with E-state index in [2.05, 4.69) is 10.6 Å². The molecule has 3 amide bonds. The summed E-state index contributed by atoms with van der Waals surface area (Å²) in [6, 6.07) is 8.34. The second-order valence-electron chi connectivity index (χ2n) is 4.56. The summed E-state index contributed by atoms with van der Waals surface area (Å²) < 4.78 is 9.85. The molecule has 1 saturated carbocycles. The average molecular weight is 292 g/mol. The fourth-order valence-corrected chi connectivity index (χ4v) is 1.46. The summed E-state index contributed by atoms with van der Waals surface area (Å²) in [7, 11) is 0. The molecule has 1 aromatic rings. The van der Waals surface area contributed by atoms with Crippen molar-refractivity contribution in [3.63, 3.8) is 0 Å². The van der Waals surface area contributed by atoms with Gasteiger partial charge in [0.25, 0.3) is 5.91 Å². The topological polar surface area (TPSA) is 93.7 Å². The van der Waals surface area contributed by atoms with E-state index in [9.17, 15) is 14.4 Å². The zero-order valence-electron chi connectivity index (χ0n) is 11.3. The third kappa shape index (κ3) is 5.94. The number of hydrogen-bond acceptors (Lipinski definition) is 5. The Hall–Kier alpha value is -2.57. The maximum absolute atomic E-state index is 11.4. The van der Waals surface area contributed by atoms with E-state index in [1.165, 1.54) is 0 Å². The van der Waals surface area contributed by atoms with Crippen LogP contribution in [0, 0.1) is 0 Å². The minimum atomic E-state index is -0.684. The molecule has 0 aliphatic heterocycles. The van der Waals surface area contributed by atoms with Gasteiger partial charge in [0.15, 0.2) is 13.2 Å². The van der Waals surface area contributed by atoms with Gasteiger partial charge in [-0.15, -0.1) is 0 Å². The van der Waals surface area contributed by atoms with Crippen molar-refractivity contribution in [1.82, 2.24) is 10.6 Å². The first-order valence-electron chi connectivity index (χ1n) is 6.57. The van der Waals surface area contributed by atoms with E-state index < -0.39 is 24.5 Å². The Labute approximate surface area is 121 Å². The molecule has 2 rings (SSSR count). The Kier molecular flexibility index (Phi) is 5.14. The van der Waals surface area contributed by atoms with Gasteiger partial charge in [-0.05, 0) is 25.0 Å². The van der Waals surface area contributed by atoms with Crippen LogP contribution in [0.5, 0.6) is 5.75 Å². The van der Waals surface area contributed by atoms with Crippen molar-refractivity contribution in [3.8, 4) is 5.75 Å². The number of ether oxygens (including phenoxy) is 2. The zero-order chi connectivity index (χ0) is 15.1. The van der Waals surface area contributed by atoms with Crippen LogP contribution in [0.1, 0.15) is 12.8 Å². The highest BCUT2D eigenvalue weighted by Gasteiger charge is 2.24. The van der Waals surface area contributed by atoms with Crippen LogP contribution in [-0.2, 0) is 14.3 Å². The molecular formula is C14H16N2O5. The monoisotopic (exact) mass is 292 g/mol. The first-order chi connectivity index (χ1) is 10.1.